The molecule has 9 rings (SSSR count). The van der Waals surface area contributed by atoms with Crippen LogP contribution in [0.2, 0.25) is 0 Å². The molecule has 0 radical (unpaired) electrons. The quantitative estimate of drug-likeness (QED) is 0.0892. The molecule has 0 amide bonds. The lowest BCUT2D eigenvalue weighted by Gasteiger charge is -2.26. The Morgan fingerprint density at radius 2 is 0.807 bits per heavy atom. The number of hydrogen-bond acceptors (Lipinski definition) is 1. The van der Waals surface area contributed by atoms with Crippen LogP contribution in [0.1, 0.15) is 5.56 Å². The van der Waals surface area contributed by atoms with E-state index in [0.29, 0.717) is 5.69 Å². The van der Waals surface area contributed by atoms with E-state index in [-0.39, 0.29) is 11.4 Å². The zero-order valence-electron chi connectivity index (χ0n) is 30.3. The van der Waals surface area contributed by atoms with Gasteiger partial charge >= 0.3 is 0 Å². The first-order valence-corrected chi connectivity index (χ1v) is 18.1. The summed E-state index contributed by atoms with van der Waals surface area (Å²) in [6.45, 7) is 2.09. The summed E-state index contributed by atoms with van der Waals surface area (Å²) in [4.78, 5) is 1.92. The highest BCUT2D eigenvalue weighted by Gasteiger charge is 2.27. The number of aromatic nitrogens is 1. The third-order valence-corrected chi connectivity index (χ3v) is 10.3. The molecule has 0 fully saturated rings. The number of anilines is 3. The second-order valence-corrected chi connectivity index (χ2v) is 13.9. The molecule has 0 saturated heterocycles. The molecule has 278 valence electrons. The minimum Gasteiger partial charge on any atom is -0.311 e. The number of benzene rings is 8. The van der Waals surface area contributed by atoms with Crippen molar-refractivity contribution in [2.24, 2.45) is 0 Å². The Bertz CT molecular complexity index is 2910. The van der Waals surface area contributed by atoms with Crippen molar-refractivity contribution in [3.63, 3.8) is 0 Å². The summed E-state index contributed by atoms with van der Waals surface area (Å²) >= 11 is 0. The second-order valence-electron chi connectivity index (χ2n) is 13.9. The SMILES string of the molecule is Cc1ccc2c(c1)c1cc(-c3ccc(N(c4ccc(-c5ccc(F)cc5)cc4)c4ccc(-c5c(F)c(F)c(F)c(F)c5F)cc4)cc3)ccc1n2-c1ccccc1. The van der Waals surface area contributed by atoms with Gasteiger partial charge < -0.3 is 9.47 Å². The van der Waals surface area contributed by atoms with Gasteiger partial charge in [-0.1, -0.05) is 84.4 Å². The molecule has 0 unspecified atom stereocenters. The highest BCUT2D eigenvalue weighted by Crippen LogP contribution is 2.40. The van der Waals surface area contributed by atoms with Crippen molar-refractivity contribution in [2.45, 2.75) is 6.92 Å². The predicted octanol–water partition coefficient (Wildman–Crippen LogP) is 14.4. The maximum absolute atomic E-state index is 14.8. The van der Waals surface area contributed by atoms with Gasteiger partial charge in [0, 0.05) is 33.5 Å². The van der Waals surface area contributed by atoms with E-state index in [1.54, 1.807) is 24.3 Å². The Balaban J connectivity index is 1.12. The molecule has 0 spiro atoms. The number of fused-ring (bicyclic) bond motifs is 3. The third kappa shape index (κ3) is 6.29. The van der Waals surface area contributed by atoms with Gasteiger partial charge in [0.2, 0.25) is 5.82 Å². The van der Waals surface area contributed by atoms with Crippen LogP contribution in [0.5, 0.6) is 0 Å². The lowest BCUT2D eigenvalue weighted by Crippen LogP contribution is -2.10. The molecule has 0 aliphatic heterocycles. The summed E-state index contributed by atoms with van der Waals surface area (Å²) in [5.74, 6) is -10.4. The molecule has 9 aromatic rings. The molecule has 57 heavy (non-hydrogen) atoms. The topological polar surface area (TPSA) is 8.17 Å². The smallest absolute Gasteiger partial charge is 0.200 e. The van der Waals surface area contributed by atoms with Crippen LogP contribution in [0.25, 0.3) is 60.9 Å². The number of para-hydroxylation sites is 1. The number of rotatable bonds is 7. The Morgan fingerprint density at radius 3 is 1.35 bits per heavy atom. The number of nitrogens with zero attached hydrogens (tertiary/aromatic N) is 2. The summed E-state index contributed by atoms with van der Waals surface area (Å²) in [7, 11) is 0. The maximum atomic E-state index is 14.8. The van der Waals surface area contributed by atoms with Gasteiger partial charge in [-0.3, -0.25) is 0 Å². The van der Waals surface area contributed by atoms with Crippen molar-refractivity contribution in [1.82, 2.24) is 4.57 Å². The number of halogens is 6. The van der Waals surface area contributed by atoms with Crippen LogP contribution in [-0.2, 0) is 0 Å². The zero-order valence-corrected chi connectivity index (χ0v) is 30.3. The third-order valence-electron chi connectivity index (χ3n) is 10.3. The molecule has 0 atom stereocenters. The summed E-state index contributed by atoms with van der Waals surface area (Å²) in [5, 5.41) is 2.27. The van der Waals surface area contributed by atoms with E-state index in [4.69, 9.17) is 0 Å². The molecule has 0 aliphatic rings. The van der Waals surface area contributed by atoms with Crippen LogP contribution in [0.15, 0.2) is 164 Å². The first-order chi connectivity index (χ1) is 27.7. The van der Waals surface area contributed by atoms with Gasteiger partial charge in [0.1, 0.15) is 5.82 Å². The normalized spacial score (nSPS) is 11.4. The zero-order chi connectivity index (χ0) is 39.4. The summed E-state index contributed by atoms with van der Waals surface area (Å²) in [6, 6.07) is 50.7. The molecule has 2 nitrogen and oxygen atoms in total. The summed E-state index contributed by atoms with van der Waals surface area (Å²) in [6.07, 6.45) is 0. The molecular formula is C49H30F6N2. The average molecular weight is 761 g/mol. The monoisotopic (exact) mass is 760 g/mol. The van der Waals surface area contributed by atoms with Crippen LogP contribution in [-0.4, -0.2) is 4.57 Å². The predicted molar refractivity (Wildman–Crippen MR) is 216 cm³/mol. The summed E-state index contributed by atoms with van der Waals surface area (Å²) < 4.78 is 87.5. The molecule has 0 aliphatic carbocycles. The van der Waals surface area contributed by atoms with Crippen molar-refractivity contribution >= 4 is 38.9 Å². The van der Waals surface area contributed by atoms with E-state index >= 15 is 0 Å². The Morgan fingerprint density at radius 1 is 0.386 bits per heavy atom. The molecule has 8 heteroatoms. The fourth-order valence-electron chi connectivity index (χ4n) is 7.50. The van der Waals surface area contributed by atoms with Gasteiger partial charge in [0.05, 0.1) is 16.6 Å². The molecule has 0 saturated carbocycles. The van der Waals surface area contributed by atoms with Crippen molar-refractivity contribution < 1.29 is 26.3 Å². The standard InChI is InChI=1S/C49H30F6N2/c1-29-7-25-42-40(27-29)41-28-34(16-26-43(41)57(42)36-5-3-2-4-6-36)32-12-21-38(22-13-32)56(37-19-10-31(11-20-37)30-8-17-35(50)18-9-30)39-23-14-33(15-24-39)44-45(51)47(53)49(55)48(54)46(44)52/h2-28H,1H3. The highest BCUT2D eigenvalue weighted by atomic mass is 19.2. The summed E-state index contributed by atoms with van der Waals surface area (Å²) in [5.41, 5.74) is 8.97. The first-order valence-electron chi connectivity index (χ1n) is 18.1. The van der Waals surface area contributed by atoms with Crippen LogP contribution in [0, 0.1) is 41.8 Å². The van der Waals surface area contributed by atoms with Gasteiger partial charge in [0.15, 0.2) is 23.3 Å². The van der Waals surface area contributed by atoms with E-state index in [2.05, 4.69) is 60.0 Å². The number of hydrogen-bond donors (Lipinski definition) is 0. The molecular weight excluding hydrogens is 731 g/mol. The van der Waals surface area contributed by atoms with Crippen molar-refractivity contribution in [3.8, 4) is 39.1 Å². The van der Waals surface area contributed by atoms with Crippen molar-refractivity contribution in [3.05, 3.63) is 204 Å². The first kappa shape index (κ1) is 35.6. The van der Waals surface area contributed by atoms with Crippen LogP contribution < -0.4 is 4.90 Å². The Kier molecular flexibility index (Phi) is 8.89. The molecule has 0 bridgehead atoms. The van der Waals surface area contributed by atoms with Crippen molar-refractivity contribution in [2.75, 3.05) is 4.90 Å². The van der Waals surface area contributed by atoms with Gasteiger partial charge in [-0.2, -0.15) is 0 Å². The molecule has 0 N–H and O–H groups in total. The van der Waals surface area contributed by atoms with E-state index in [0.717, 1.165) is 66.7 Å². The highest BCUT2D eigenvalue weighted by molar-refractivity contribution is 6.10. The second kappa shape index (κ2) is 14.2. The minimum absolute atomic E-state index is 0.173. The van der Waals surface area contributed by atoms with Crippen LogP contribution >= 0.6 is 0 Å². The van der Waals surface area contributed by atoms with Crippen molar-refractivity contribution in [1.29, 1.82) is 0 Å². The maximum Gasteiger partial charge on any atom is 0.200 e. The average Bonchev–Trinajstić information content (AvgIpc) is 3.57. The van der Waals surface area contributed by atoms with Crippen LogP contribution in [0.3, 0.4) is 0 Å². The Labute approximate surface area is 324 Å². The lowest BCUT2D eigenvalue weighted by atomic mass is 10.0. The van der Waals surface area contributed by atoms with E-state index in [1.807, 2.05) is 71.6 Å². The minimum atomic E-state index is -2.21. The van der Waals surface area contributed by atoms with Gasteiger partial charge in [0.25, 0.3) is 0 Å². The lowest BCUT2D eigenvalue weighted by molar-refractivity contribution is 0.381. The number of aryl methyl sites for hydroxylation is 1. The fourth-order valence-corrected chi connectivity index (χ4v) is 7.50. The van der Waals surface area contributed by atoms with Gasteiger partial charge in [-0.05, 0) is 120 Å². The fraction of sp³-hybridized carbons (Fsp3) is 0.0204. The van der Waals surface area contributed by atoms with E-state index < -0.39 is 34.6 Å². The van der Waals surface area contributed by atoms with E-state index in [1.165, 1.54) is 24.3 Å². The van der Waals surface area contributed by atoms with Gasteiger partial charge in [-0.15, -0.1) is 0 Å². The Hall–Kier alpha value is -7.06. The van der Waals surface area contributed by atoms with Gasteiger partial charge in [-0.25, -0.2) is 26.3 Å². The molecule has 8 aromatic carbocycles. The largest absolute Gasteiger partial charge is 0.311 e. The van der Waals surface area contributed by atoms with E-state index in [9.17, 15) is 26.3 Å². The molecule has 1 heterocycles. The molecule has 1 aromatic heterocycles. The van der Waals surface area contributed by atoms with Crippen LogP contribution in [0.4, 0.5) is 43.4 Å².